The monoisotopic (exact) mass is 261 g/mol. The molecule has 1 aromatic carbocycles. The van der Waals surface area contributed by atoms with E-state index in [0.29, 0.717) is 5.84 Å². The molecule has 3 N–H and O–H groups in total. The van der Waals surface area contributed by atoms with Gasteiger partial charge in [0.05, 0.1) is 6.04 Å². The summed E-state index contributed by atoms with van der Waals surface area (Å²) in [6.45, 7) is 6.11. The van der Waals surface area contributed by atoms with Crippen LogP contribution in [0, 0.1) is 13.8 Å². The van der Waals surface area contributed by atoms with Crippen LogP contribution in [0.25, 0.3) is 0 Å². The third-order valence-electron chi connectivity index (χ3n) is 3.74. The number of oxime groups is 1. The van der Waals surface area contributed by atoms with Crippen LogP contribution >= 0.6 is 0 Å². The van der Waals surface area contributed by atoms with Gasteiger partial charge in [0.25, 0.3) is 0 Å². The zero-order valence-electron chi connectivity index (χ0n) is 11.8. The number of amidine groups is 1. The normalized spacial score (nSPS) is 21.6. The van der Waals surface area contributed by atoms with Gasteiger partial charge in [0.2, 0.25) is 0 Å². The molecule has 1 unspecified atom stereocenters. The van der Waals surface area contributed by atoms with Crippen LogP contribution in [0.1, 0.15) is 36.0 Å². The van der Waals surface area contributed by atoms with Crippen LogP contribution in [0.15, 0.2) is 23.4 Å². The molecule has 1 saturated heterocycles. The fourth-order valence-electron chi connectivity index (χ4n) is 2.98. The van der Waals surface area contributed by atoms with Crippen LogP contribution in [0.5, 0.6) is 0 Å². The zero-order chi connectivity index (χ0) is 13.8. The van der Waals surface area contributed by atoms with Crippen LogP contribution in [0.3, 0.4) is 0 Å². The Balaban J connectivity index is 2.15. The molecule has 4 nitrogen and oxygen atoms in total. The summed E-state index contributed by atoms with van der Waals surface area (Å²) in [5.41, 5.74) is 9.68. The molecule has 1 aliphatic heterocycles. The van der Waals surface area contributed by atoms with Gasteiger partial charge in [-0.15, -0.1) is 0 Å². The van der Waals surface area contributed by atoms with Crippen molar-refractivity contribution < 1.29 is 5.21 Å². The molecule has 0 saturated carbocycles. The number of rotatable bonds is 3. The minimum Gasteiger partial charge on any atom is -0.409 e. The summed E-state index contributed by atoms with van der Waals surface area (Å²) in [6, 6.07) is 6.68. The van der Waals surface area contributed by atoms with Gasteiger partial charge < -0.3 is 10.9 Å². The SMILES string of the molecule is Cc1cc(C)cc(CN2CCCCC2C(N)=NO)c1. The number of nitrogens with two attached hydrogens (primary N) is 1. The molecule has 0 amide bonds. The second-order valence-electron chi connectivity index (χ2n) is 5.50. The van der Waals surface area contributed by atoms with Gasteiger partial charge in [-0.1, -0.05) is 40.9 Å². The number of likely N-dealkylation sites (tertiary alicyclic amines) is 1. The van der Waals surface area contributed by atoms with Crippen molar-refractivity contribution in [3.8, 4) is 0 Å². The van der Waals surface area contributed by atoms with Gasteiger partial charge in [-0.25, -0.2) is 0 Å². The lowest BCUT2D eigenvalue weighted by atomic mass is 9.99. The maximum Gasteiger partial charge on any atom is 0.156 e. The van der Waals surface area contributed by atoms with Gasteiger partial charge >= 0.3 is 0 Å². The molecule has 1 fully saturated rings. The fourth-order valence-corrected chi connectivity index (χ4v) is 2.98. The molecule has 104 valence electrons. The molecule has 0 radical (unpaired) electrons. The molecule has 1 aromatic rings. The molecule has 1 heterocycles. The maximum absolute atomic E-state index is 8.90. The van der Waals surface area contributed by atoms with E-state index >= 15 is 0 Å². The third-order valence-corrected chi connectivity index (χ3v) is 3.74. The van der Waals surface area contributed by atoms with Gasteiger partial charge in [0.1, 0.15) is 0 Å². The van der Waals surface area contributed by atoms with E-state index < -0.39 is 0 Å². The van der Waals surface area contributed by atoms with E-state index in [2.05, 4.69) is 42.1 Å². The third kappa shape index (κ3) is 3.47. The van der Waals surface area contributed by atoms with Crippen molar-refractivity contribution in [3.63, 3.8) is 0 Å². The van der Waals surface area contributed by atoms with E-state index in [9.17, 15) is 0 Å². The minimum atomic E-state index is 0.0690. The van der Waals surface area contributed by atoms with E-state index in [-0.39, 0.29) is 6.04 Å². The zero-order valence-corrected chi connectivity index (χ0v) is 11.8. The number of piperidine rings is 1. The van der Waals surface area contributed by atoms with Crippen molar-refractivity contribution in [3.05, 3.63) is 34.9 Å². The average Bonchev–Trinajstić information content (AvgIpc) is 2.37. The number of nitrogens with zero attached hydrogens (tertiary/aromatic N) is 2. The predicted octanol–water partition coefficient (Wildman–Crippen LogP) is 2.40. The summed E-state index contributed by atoms with van der Waals surface area (Å²) in [5, 5.41) is 12.1. The highest BCUT2D eigenvalue weighted by molar-refractivity contribution is 5.85. The first-order valence-corrected chi connectivity index (χ1v) is 6.89. The second-order valence-corrected chi connectivity index (χ2v) is 5.50. The van der Waals surface area contributed by atoms with Crippen LogP contribution in [-0.4, -0.2) is 28.5 Å². The first-order valence-electron chi connectivity index (χ1n) is 6.89. The standard InChI is InChI=1S/C15H23N3O/c1-11-7-12(2)9-13(8-11)10-18-6-4-3-5-14(18)15(16)17-19/h7-9,14,19H,3-6,10H2,1-2H3,(H2,16,17). The molecule has 1 aliphatic rings. The van der Waals surface area contributed by atoms with E-state index in [1.165, 1.54) is 23.1 Å². The van der Waals surface area contributed by atoms with Crippen LogP contribution in [0.4, 0.5) is 0 Å². The van der Waals surface area contributed by atoms with E-state index in [0.717, 1.165) is 25.9 Å². The molecule has 0 bridgehead atoms. The van der Waals surface area contributed by atoms with Gasteiger partial charge in [0, 0.05) is 6.54 Å². The molecule has 0 aromatic heterocycles. The Kier molecular flexibility index (Phi) is 4.43. The molecule has 0 spiro atoms. The lowest BCUT2D eigenvalue weighted by Gasteiger charge is -2.34. The van der Waals surface area contributed by atoms with E-state index in [1.54, 1.807) is 0 Å². The van der Waals surface area contributed by atoms with Crippen molar-refractivity contribution in [1.29, 1.82) is 0 Å². The van der Waals surface area contributed by atoms with Crippen LogP contribution < -0.4 is 5.73 Å². The van der Waals surface area contributed by atoms with Crippen molar-refractivity contribution >= 4 is 5.84 Å². The number of hydrogen-bond acceptors (Lipinski definition) is 3. The summed E-state index contributed by atoms with van der Waals surface area (Å²) >= 11 is 0. The largest absolute Gasteiger partial charge is 0.409 e. The fraction of sp³-hybridized carbons (Fsp3) is 0.533. The Morgan fingerprint density at radius 1 is 1.32 bits per heavy atom. The summed E-state index contributed by atoms with van der Waals surface area (Å²) in [4.78, 5) is 2.31. The lowest BCUT2D eigenvalue weighted by molar-refractivity contribution is 0.178. The van der Waals surface area contributed by atoms with Crippen LogP contribution in [-0.2, 0) is 6.54 Å². The highest BCUT2D eigenvalue weighted by Gasteiger charge is 2.25. The molecule has 4 heteroatoms. The Bertz CT molecular complexity index is 450. The Morgan fingerprint density at radius 3 is 2.63 bits per heavy atom. The van der Waals surface area contributed by atoms with Gasteiger partial charge in [-0.05, 0) is 38.8 Å². The summed E-state index contributed by atoms with van der Waals surface area (Å²) in [7, 11) is 0. The molecule has 2 rings (SSSR count). The highest BCUT2D eigenvalue weighted by atomic mass is 16.4. The quantitative estimate of drug-likeness (QED) is 0.380. The van der Waals surface area contributed by atoms with Gasteiger partial charge in [0.15, 0.2) is 5.84 Å². The number of hydrogen-bond donors (Lipinski definition) is 2. The second kappa shape index (κ2) is 6.06. The van der Waals surface area contributed by atoms with Crippen molar-refractivity contribution in [2.24, 2.45) is 10.9 Å². The maximum atomic E-state index is 8.90. The Labute approximate surface area is 114 Å². The first kappa shape index (κ1) is 13.9. The van der Waals surface area contributed by atoms with Crippen molar-refractivity contribution in [1.82, 2.24) is 4.90 Å². The molecular weight excluding hydrogens is 238 g/mol. The lowest BCUT2D eigenvalue weighted by Crippen LogP contribution is -2.47. The number of aryl methyl sites for hydroxylation is 2. The number of benzene rings is 1. The van der Waals surface area contributed by atoms with E-state index in [4.69, 9.17) is 10.9 Å². The van der Waals surface area contributed by atoms with E-state index in [1.807, 2.05) is 0 Å². The summed E-state index contributed by atoms with van der Waals surface area (Å²) in [6.07, 6.45) is 3.30. The molecule has 19 heavy (non-hydrogen) atoms. The predicted molar refractivity (Wildman–Crippen MR) is 77.4 cm³/mol. The molecule has 1 atom stereocenters. The van der Waals surface area contributed by atoms with Crippen molar-refractivity contribution in [2.45, 2.75) is 45.7 Å². The highest BCUT2D eigenvalue weighted by Crippen LogP contribution is 2.21. The minimum absolute atomic E-state index is 0.0690. The first-order chi connectivity index (χ1) is 9.10. The smallest absolute Gasteiger partial charge is 0.156 e. The topological polar surface area (TPSA) is 61.8 Å². The average molecular weight is 261 g/mol. The Morgan fingerprint density at radius 2 is 2.00 bits per heavy atom. The summed E-state index contributed by atoms with van der Waals surface area (Å²) in [5.74, 6) is 0.337. The molecular formula is C15H23N3O. The summed E-state index contributed by atoms with van der Waals surface area (Å²) < 4.78 is 0. The van der Waals surface area contributed by atoms with Crippen LogP contribution in [0.2, 0.25) is 0 Å². The van der Waals surface area contributed by atoms with Crippen molar-refractivity contribution in [2.75, 3.05) is 6.54 Å². The Hall–Kier alpha value is -1.55. The molecule has 0 aliphatic carbocycles. The van der Waals surface area contributed by atoms with Gasteiger partial charge in [-0.3, -0.25) is 4.90 Å². The van der Waals surface area contributed by atoms with Gasteiger partial charge in [-0.2, -0.15) is 0 Å².